The van der Waals surface area contributed by atoms with Gasteiger partial charge in [-0.05, 0) is 31.9 Å². The lowest BCUT2D eigenvalue weighted by atomic mass is 10.1. The first-order valence-corrected chi connectivity index (χ1v) is 7.50. The summed E-state index contributed by atoms with van der Waals surface area (Å²) < 4.78 is 5.06. The molecule has 0 spiro atoms. The van der Waals surface area contributed by atoms with Gasteiger partial charge in [0.15, 0.2) is 6.10 Å². The monoisotopic (exact) mass is 306 g/mol. The minimum atomic E-state index is -1.38. The van der Waals surface area contributed by atoms with E-state index in [1.165, 1.54) is 0 Å². The van der Waals surface area contributed by atoms with E-state index in [4.69, 9.17) is 4.74 Å². The van der Waals surface area contributed by atoms with Gasteiger partial charge in [0.05, 0.1) is 12.1 Å². The number of aliphatic hydroxyl groups excluding tert-OH is 1. The molecule has 1 fully saturated rings. The summed E-state index contributed by atoms with van der Waals surface area (Å²) in [6.45, 7) is 2.50. The van der Waals surface area contributed by atoms with Crippen LogP contribution in [0.1, 0.15) is 25.3 Å². The van der Waals surface area contributed by atoms with E-state index in [0.717, 1.165) is 24.9 Å². The van der Waals surface area contributed by atoms with Crippen molar-refractivity contribution in [1.82, 2.24) is 10.6 Å². The van der Waals surface area contributed by atoms with Gasteiger partial charge in [0.25, 0.3) is 0 Å². The van der Waals surface area contributed by atoms with Gasteiger partial charge in [-0.15, -0.1) is 0 Å². The first-order chi connectivity index (χ1) is 10.6. The maximum absolute atomic E-state index is 11.9. The van der Waals surface area contributed by atoms with E-state index in [2.05, 4.69) is 10.6 Å². The molecule has 1 amide bonds. The maximum Gasteiger partial charge on any atom is 0.337 e. The zero-order chi connectivity index (χ0) is 15.9. The molecule has 1 saturated heterocycles. The molecular weight excluding hydrogens is 284 g/mol. The van der Waals surface area contributed by atoms with Crippen LogP contribution in [0.2, 0.25) is 0 Å². The first kappa shape index (κ1) is 16.5. The van der Waals surface area contributed by atoms with Crippen LogP contribution in [-0.4, -0.2) is 41.7 Å². The second kappa shape index (κ2) is 7.91. The Morgan fingerprint density at radius 2 is 2.14 bits per heavy atom. The topological polar surface area (TPSA) is 87.7 Å². The molecule has 0 saturated carbocycles. The Balaban J connectivity index is 1.77. The number of ether oxygens (including phenoxy) is 1. The van der Waals surface area contributed by atoms with Crippen LogP contribution >= 0.6 is 0 Å². The summed E-state index contributed by atoms with van der Waals surface area (Å²) in [5, 5.41) is 15.7. The summed E-state index contributed by atoms with van der Waals surface area (Å²) >= 11 is 0. The standard InChI is InChI=1S/C16H22N2O4/c1-11(18-15(20)13-8-5-9-17-13)14(19)16(21)22-10-12-6-3-2-4-7-12/h2-4,6-7,11,13-14,17,19H,5,8-10H2,1H3,(H,18,20)/t11-,13-,14?/m0/s1. The summed E-state index contributed by atoms with van der Waals surface area (Å²) in [4.78, 5) is 23.7. The van der Waals surface area contributed by atoms with E-state index < -0.39 is 18.1 Å². The fourth-order valence-electron chi connectivity index (χ4n) is 2.33. The van der Waals surface area contributed by atoms with Crippen LogP contribution in [-0.2, 0) is 20.9 Å². The highest BCUT2D eigenvalue weighted by molar-refractivity contribution is 5.83. The third-order valence-electron chi connectivity index (χ3n) is 3.69. The quantitative estimate of drug-likeness (QED) is 0.660. The summed E-state index contributed by atoms with van der Waals surface area (Å²) in [7, 11) is 0. The van der Waals surface area contributed by atoms with E-state index in [1.807, 2.05) is 30.3 Å². The molecule has 0 bridgehead atoms. The molecule has 6 heteroatoms. The van der Waals surface area contributed by atoms with Crippen molar-refractivity contribution in [2.75, 3.05) is 6.54 Å². The van der Waals surface area contributed by atoms with Crippen molar-refractivity contribution < 1.29 is 19.4 Å². The molecule has 2 rings (SSSR count). The summed E-state index contributed by atoms with van der Waals surface area (Å²) in [6, 6.07) is 8.28. The van der Waals surface area contributed by atoms with Gasteiger partial charge in [-0.25, -0.2) is 4.79 Å². The number of carbonyl (C=O) groups excluding carboxylic acids is 2. The average molecular weight is 306 g/mol. The van der Waals surface area contributed by atoms with E-state index in [1.54, 1.807) is 6.92 Å². The number of aliphatic hydroxyl groups is 1. The van der Waals surface area contributed by atoms with Crippen molar-refractivity contribution in [1.29, 1.82) is 0 Å². The van der Waals surface area contributed by atoms with E-state index in [0.29, 0.717) is 0 Å². The number of nitrogens with one attached hydrogen (secondary N) is 2. The normalized spacial score (nSPS) is 20.2. The van der Waals surface area contributed by atoms with Gasteiger partial charge >= 0.3 is 5.97 Å². The first-order valence-electron chi connectivity index (χ1n) is 7.50. The van der Waals surface area contributed by atoms with E-state index in [-0.39, 0.29) is 18.6 Å². The molecule has 1 aromatic carbocycles. The molecule has 0 aliphatic carbocycles. The molecule has 1 aliphatic rings. The van der Waals surface area contributed by atoms with Crippen molar-refractivity contribution in [3.63, 3.8) is 0 Å². The van der Waals surface area contributed by atoms with Gasteiger partial charge in [-0.2, -0.15) is 0 Å². The van der Waals surface area contributed by atoms with Crippen LogP contribution in [0.3, 0.4) is 0 Å². The number of rotatable bonds is 6. The van der Waals surface area contributed by atoms with Crippen molar-refractivity contribution in [2.45, 2.75) is 44.6 Å². The Morgan fingerprint density at radius 1 is 1.41 bits per heavy atom. The van der Waals surface area contributed by atoms with Crippen molar-refractivity contribution in [3.8, 4) is 0 Å². The van der Waals surface area contributed by atoms with Crippen LogP contribution in [0.25, 0.3) is 0 Å². The zero-order valence-corrected chi connectivity index (χ0v) is 12.6. The van der Waals surface area contributed by atoms with Gasteiger partial charge < -0.3 is 20.5 Å². The van der Waals surface area contributed by atoms with E-state index in [9.17, 15) is 14.7 Å². The highest BCUT2D eigenvalue weighted by Gasteiger charge is 2.29. The lowest BCUT2D eigenvalue weighted by Gasteiger charge is -2.21. The van der Waals surface area contributed by atoms with E-state index >= 15 is 0 Å². The minimum absolute atomic E-state index is 0.0988. The van der Waals surface area contributed by atoms with Crippen LogP contribution in [0.4, 0.5) is 0 Å². The Morgan fingerprint density at radius 3 is 2.77 bits per heavy atom. The smallest absolute Gasteiger partial charge is 0.337 e. The number of benzene rings is 1. The third-order valence-corrected chi connectivity index (χ3v) is 3.69. The Kier molecular flexibility index (Phi) is 5.91. The molecule has 1 unspecified atom stereocenters. The van der Waals surface area contributed by atoms with Crippen molar-refractivity contribution >= 4 is 11.9 Å². The fourth-order valence-corrected chi connectivity index (χ4v) is 2.33. The fraction of sp³-hybridized carbons (Fsp3) is 0.500. The minimum Gasteiger partial charge on any atom is -0.459 e. The molecule has 0 aromatic heterocycles. The van der Waals surface area contributed by atoms with Crippen molar-refractivity contribution in [3.05, 3.63) is 35.9 Å². The SMILES string of the molecule is C[C@H](NC(=O)[C@@H]1CCCN1)C(O)C(=O)OCc1ccccc1. The van der Waals surface area contributed by atoms with Crippen LogP contribution in [0, 0.1) is 0 Å². The second-order valence-corrected chi connectivity index (χ2v) is 5.48. The van der Waals surface area contributed by atoms with Crippen LogP contribution in [0.5, 0.6) is 0 Å². The lowest BCUT2D eigenvalue weighted by molar-refractivity contribution is -0.156. The molecule has 3 N–H and O–H groups in total. The largest absolute Gasteiger partial charge is 0.459 e. The predicted molar refractivity (Wildman–Crippen MR) is 80.9 cm³/mol. The average Bonchev–Trinajstić information content (AvgIpc) is 3.07. The van der Waals surface area contributed by atoms with Gasteiger partial charge in [-0.3, -0.25) is 4.79 Å². The number of amides is 1. The highest BCUT2D eigenvalue weighted by atomic mass is 16.5. The molecule has 22 heavy (non-hydrogen) atoms. The number of hydrogen-bond donors (Lipinski definition) is 3. The summed E-state index contributed by atoms with van der Waals surface area (Å²) in [6.07, 6.45) is 0.343. The van der Waals surface area contributed by atoms with Gasteiger partial charge in [0.1, 0.15) is 6.61 Å². The third kappa shape index (κ3) is 4.54. The number of esters is 1. The maximum atomic E-state index is 11.9. The highest BCUT2D eigenvalue weighted by Crippen LogP contribution is 2.07. The molecule has 6 nitrogen and oxygen atoms in total. The van der Waals surface area contributed by atoms with Crippen LogP contribution < -0.4 is 10.6 Å². The molecule has 1 heterocycles. The molecule has 120 valence electrons. The molecule has 1 aromatic rings. The second-order valence-electron chi connectivity index (χ2n) is 5.48. The number of hydrogen-bond acceptors (Lipinski definition) is 5. The van der Waals surface area contributed by atoms with Gasteiger partial charge in [0, 0.05) is 0 Å². The lowest BCUT2D eigenvalue weighted by Crippen LogP contribution is -2.50. The zero-order valence-electron chi connectivity index (χ0n) is 12.6. The predicted octanol–water partition coefficient (Wildman–Crippen LogP) is 0.347. The van der Waals surface area contributed by atoms with Crippen LogP contribution in [0.15, 0.2) is 30.3 Å². The van der Waals surface area contributed by atoms with Gasteiger partial charge in [-0.1, -0.05) is 30.3 Å². The molecule has 3 atom stereocenters. The summed E-state index contributed by atoms with van der Waals surface area (Å²) in [5.74, 6) is -0.934. The summed E-state index contributed by atoms with van der Waals surface area (Å²) in [5.41, 5.74) is 0.842. The molecule has 0 radical (unpaired) electrons. The molecule has 1 aliphatic heterocycles. The van der Waals surface area contributed by atoms with Crippen molar-refractivity contribution in [2.24, 2.45) is 0 Å². The molecular formula is C16H22N2O4. The van der Waals surface area contributed by atoms with Gasteiger partial charge in [0.2, 0.25) is 5.91 Å². The Bertz CT molecular complexity index is 500. The number of carbonyl (C=O) groups is 2. The Hall–Kier alpha value is -1.92. The Labute approximate surface area is 129 Å².